The minimum Gasteiger partial charge on any atom is -0.372 e. The Morgan fingerprint density at radius 2 is 1.86 bits per heavy atom. The highest BCUT2D eigenvalue weighted by Crippen LogP contribution is 2.28. The summed E-state index contributed by atoms with van der Waals surface area (Å²) in [5.74, 6) is 0.573. The van der Waals surface area contributed by atoms with Crippen LogP contribution in [-0.2, 0) is 14.6 Å². The number of hydrogen-bond donors (Lipinski definition) is 1. The van der Waals surface area contributed by atoms with Gasteiger partial charge in [0.1, 0.15) is 0 Å². The summed E-state index contributed by atoms with van der Waals surface area (Å²) in [6.45, 7) is 2.40. The lowest BCUT2D eigenvalue weighted by Crippen LogP contribution is -2.53. The molecule has 0 atom stereocenters. The van der Waals surface area contributed by atoms with Crippen LogP contribution in [0.4, 0.5) is 0 Å². The molecule has 2 saturated heterocycles. The van der Waals surface area contributed by atoms with E-state index in [0.29, 0.717) is 19.4 Å². The molecule has 0 aromatic heterocycles. The van der Waals surface area contributed by atoms with Gasteiger partial charge in [0.15, 0.2) is 9.84 Å². The molecule has 0 amide bonds. The van der Waals surface area contributed by atoms with E-state index < -0.39 is 9.84 Å². The molecule has 84 valence electrons. The van der Waals surface area contributed by atoms with E-state index in [4.69, 9.17) is 4.74 Å². The quantitative estimate of drug-likeness (QED) is 0.648. The van der Waals surface area contributed by atoms with E-state index in [0.717, 1.165) is 13.1 Å². The molecule has 4 nitrogen and oxygen atoms in total. The van der Waals surface area contributed by atoms with Crippen LogP contribution >= 0.6 is 12.4 Å². The van der Waals surface area contributed by atoms with E-state index in [9.17, 15) is 8.42 Å². The third-order valence-electron chi connectivity index (χ3n) is 2.87. The second-order valence-electron chi connectivity index (χ2n) is 3.86. The fraction of sp³-hybridized carbons (Fsp3) is 1.00. The molecule has 2 heterocycles. The Morgan fingerprint density at radius 3 is 2.36 bits per heavy atom. The fourth-order valence-corrected chi connectivity index (χ4v) is 3.51. The van der Waals surface area contributed by atoms with Crippen LogP contribution in [0.2, 0.25) is 0 Å². The lowest BCUT2D eigenvalue weighted by atomic mass is 9.95. The molecular formula is C8H16ClNO3S. The fourth-order valence-electron chi connectivity index (χ4n) is 1.94. The molecule has 0 aromatic carbocycles. The van der Waals surface area contributed by atoms with E-state index in [1.165, 1.54) is 0 Å². The minimum absolute atomic E-state index is 0. The normalized spacial score (nSPS) is 29.4. The van der Waals surface area contributed by atoms with Gasteiger partial charge >= 0.3 is 0 Å². The summed E-state index contributed by atoms with van der Waals surface area (Å²) in [6, 6.07) is 0. The van der Waals surface area contributed by atoms with Crippen LogP contribution in [0.1, 0.15) is 12.8 Å². The number of morpholine rings is 1. The van der Waals surface area contributed by atoms with Crippen LogP contribution < -0.4 is 5.32 Å². The van der Waals surface area contributed by atoms with Gasteiger partial charge in [0.25, 0.3) is 0 Å². The molecule has 0 bridgehead atoms. The Morgan fingerprint density at radius 1 is 1.21 bits per heavy atom. The van der Waals surface area contributed by atoms with Crippen molar-refractivity contribution in [2.45, 2.75) is 18.4 Å². The molecule has 0 unspecified atom stereocenters. The summed E-state index contributed by atoms with van der Waals surface area (Å²) in [7, 11) is -2.77. The van der Waals surface area contributed by atoms with Crippen molar-refractivity contribution in [1.29, 1.82) is 0 Å². The number of nitrogens with one attached hydrogen (secondary N) is 1. The summed E-state index contributed by atoms with van der Waals surface area (Å²) in [5.41, 5.74) is -0.177. The summed E-state index contributed by atoms with van der Waals surface area (Å²) in [4.78, 5) is 0. The smallest absolute Gasteiger partial charge is 0.150 e. The number of rotatable bonds is 0. The average Bonchev–Trinajstić information content (AvgIpc) is 2.13. The van der Waals surface area contributed by atoms with E-state index in [2.05, 4.69) is 5.32 Å². The molecule has 0 aliphatic carbocycles. The van der Waals surface area contributed by atoms with Crippen molar-refractivity contribution in [3.05, 3.63) is 0 Å². The molecule has 0 saturated carbocycles. The largest absolute Gasteiger partial charge is 0.372 e. The summed E-state index contributed by atoms with van der Waals surface area (Å²) < 4.78 is 28.1. The lowest BCUT2D eigenvalue weighted by molar-refractivity contribution is -0.0714. The standard InChI is InChI=1S/C8H15NO3S.ClH/c10-13(11)5-1-8(2-6-13)7-9-3-4-12-8;/h9H,1-7H2;1H. The van der Waals surface area contributed by atoms with Crippen LogP contribution in [0.15, 0.2) is 0 Å². The second-order valence-corrected chi connectivity index (χ2v) is 6.16. The van der Waals surface area contributed by atoms with Crippen LogP contribution in [-0.4, -0.2) is 45.2 Å². The maximum Gasteiger partial charge on any atom is 0.150 e. The Labute approximate surface area is 90.7 Å². The van der Waals surface area contributed by atoms with Crippen LogP contribution in [0, 0.1) is 0 Å². The topological polar surface area (TPSA) is 55.4 Å². The highest BCUT2D eigenvalue weighted by molar-refractivity contribution is 7.91. The van der Waals surface area contributed by atoms with Crippen molar-refractivity contribution in [2.75, 3.05) is 31.2 Å². The number of hydrogen-bond acceptors (Lipinski definition) is 4. The van der Waals surface area contributed by atoms with Gasteiger partial charge in [0.2, 0.25) is 0 Å². The highest BCUT2D eigenvalue weighted by Gasteiger charge is 2.39. The Hall–Kier alpha value is 0.160. The van der Waals surface area contributed by atoms with Crippen molar-refractivity contribution in [3.8, 4) is 0 Å². The molecule has 1 N–H and O–H groups in total. The van der Waals surface area contributed by atoms with E-state index >= 15 is 0 Å². The Bertz CT molecular complexity index is 269. The molecular weight excluding hydrogens is 226 g/mol. The summed E-state index contributed by atoms with van der Waals surface area (Å²) in [5, 5.41) is 3.25. The van der Waals surface area contributed by atoms with Gasteiger partial charge in [0, 0.05) is 13.1 Å². The average molecular weight is 242 g/mol. The maximum atomic E-state index is 11.2. The van der Waals surface area contributed by atoms with Gasteiger partial charge in [-0.2, -0.15) is 0 Å². The van der Waals surface area contributed by atoms with Gasteiger partial charge in [-0.25, -0.2) is 8.42 Å². The molecule has 2 fully saturated rings. The summed E-state index contributed by atoms with van der Waals surface area (Å²) in [6.07, 6.45) is 1.31. The first-order valence-electron chi connectivity index (χ1n) is 4.67. The Kier molecular flexibility index (Phi) is 3.80. The third kappa shape index (κ3) is 2.59. The predicted octanol–water partition coefficient (Wildman–Crippen LogP) is -0.0246. The van der Waals surface area contributed by atoms with E-state index in [1.807, 2.05) is 0 Å². The minimum atomic E-state index is -2.77. The molecule has 0 radical (unpaired) electrons. The molecule has 14 heavy (non-hydrogen) atoms. The second kappa shape index (κ2) is 4.35. The number of halogens is 1. The van der Waals surface area contributed by atoms with Crippen molar-refractivity contribution >= 4 is 22.2 Å². The molecule has 2 rings (SSSR count). The number of ether oxygens (including phenoxy) is 1. The molecule has 1 spiro atoms. The first-order chi connectivity index (χ1) is 6.12. The zero-order valence-corrected chi connectivity index (χ0v) is 9.62. The van der Waals surface area contributed by atoms with Crippen molar-refractivity contribution in [3.63, 3.8) is 0 Å². The van der Waals surface area contributed by atoms with Crippen LogP contribution in [0.25, 0.3) is 0 Å². The van der Waals surface area contributed by atoms with Gasteiger partial charge in [0.05, 0.1) is 23.7 Å². The van der Waals surface area contributed by atoms with Gasteiger partial charge in [-0.1, -0.05) is 0 Å². The zero-order chi connectivity index (χ0) is 9.36. The molecule has 0 aromatic rings. The van der Waals surface area contributed by atoms with Gasteiger partial charge in [-0.05, 0) is 12.8 Å². The lowest BCUT2D eigenvalue weighted by Gasteiger charge is -2.40. The van der Waals surface area contributed by atoms with Gasteiger partial charge in [-0.15, -0.1) is 12.4 Å². The predicted molar refractivity (Wildman–Crippen MR) is 56.7 cm³/mol. The van der Waals surface area contributed by atoms with Crippen LogP contribution in [0.5, 0.6) is 0 Å². The number of sulfone groups is 1. The van der Waals surface area contributed by atoms with Crippen molar-refractivity contribution < 1.29 is 13.2 Å². The first kappa shape index (κ1) is 12.2. The van der Waals surface area contributed by atoms with Crippen LogP contribution in [0.3, 0.4) is 0 Å². The SMILES string of the molecule is Cl.O=S1(=O)CCC2(CC1)CNCCO2. The van der Waals surface area contributed by atoms with E-state index in [-0.39, 0.29) is 29.5 Å². The molecule has 2 aliphatic rings. The van der Waals surface area contributed by atoms with E-state index in [1.54, 1.807) is 0 Å². The van der Waals surface area contributed by atoms with Gasteiger partial charge < -0.3 is 10.1 Å². The zero-order valence-electron chi connectivity index (χ0n) is 7.99. The van der Waals surface area contributed by atoms with Crippen molar-refractivity contribution in [2.24, 2.45) is 0 Å². The highest BCUT2D eigenvalue weighted by atomic mass is 35.5. The maximum absolute atomic E-state index is 11.2. The first-order valence-corrected chi connectivity index (χ1v) is 6.49. The monoisotopic (exact) mass is 241 g/mol. The summed E-state index contributed by atoms with van der Waals surface area (Å²) >= 11 is 0. The van der Waals surface area contributed by atoms with Gasteiger partial charge in [-0.3, -0.25) is 0 Å². The van der Waals surface area contributed by atoms with Crippen molar-refractivity contribution in [1.82, 2.24) is 5.32 Å². The third-order valence-corrected chi connectivity index (χ3v) is 4.52. The molecule has 6 heteroatoms. The Balaban J connectivity index is 0.000000980. The molecule has 2 aliphatic heterocycles.